The highest BCUT2D eigenvalue weighted by Crippen LogP contribution is 2.29. The second-order valence-corrected chi connectivity index (χ2v) is 6.99. The van der Waals surface area contributed by atoms with Crippen LogP contribution in [0.3, 0.4) is 0 Å². The maximum absolute atomic E-state index is 12.4. The van der Waals surface area contributed by atoms with Gasteiger partial charge in [0.25, 0.3) is 5.91 Å². The smallest absolute Gasteiger partial charge is 0.252 e. The number of fused-ring (bicyclic) bond motifs is 1. The maximum atomic E-state index is 12.4. The van der Waals surface area contributed by atoms with E-state index in [0.717, 1.165) is 18.5 Å². The zero-order chi connectivity index (χ0) is 18.0. The number of halogens is 1. The van der Waals surface area contributed by atoms with Gasteiger partial charge >= 0.3 is 0 Å². The van der Waals surface area contributed by atoms with Crippen LogP contribution in [0.25, 0.3) is 0 Å². The first-order valence-corrected chi connectivity index (χ1v) is 8.92. The van der Waals surface area contributed by atoms with Crippen LogP contribution in [0, 0.1) is 0 Å². The zero-order valence-electron chi connectivity index (χ0n) is 14.3. The number of rotatable bonds is 5. The number of amides is 1. The minimum Gasteiger partial charge on any atom is -0.497 e. The second kappa shape index (κ2) is 7.45. The number of aliphatic hydroxyl groups excluding tert-OH is 1. The van der Waals surface area contributed by atoms with Crippen LogP contribution in [0.15, 0.2) is 40.9 Å². The summed E-state index contributed by atoms with van der Waals surface area (Å²) in [6.07, 6.45) is 0.236. The standard InChI is InChI=1S/C19H21BrN2O3/c1-22-8-7-12-9-13(3-6-17(12)22)18(23)11-21-19(24)15-10-14(25-2)4-5-16(15)20/h3-6,9-10,18,23H,7-8,11H2,1-2H3,(H,21,24). The van der Waals surface area contributed by atoms with Gasteiger partial charge in [-0.05, 0) is 57.7 Å². The van der Waals surface area contributed by atoms with Crippen molar-refractivity contribution in [3.8, 4) is 5.75 Å². The number of hydrogen-bond donors (Lipinski definition) is 2. The van der Waals surface area contributed by atoms with E-state index in [4.69, 9.17) is 4.74 Å². The van der Waals surface area contributed by atoms with Crippen LogP contribution in [0.4, 0.5) is 5.69 Å². The molecule has 0 fully saturated rings. The number of likely N-dealkylation sites (N-methyl/N-ethyl adjacent to an activating group) is 1. The molecule has 2 N–H and O–H groups in total. The summed E-state index contributed by atoms with van der Waals surface area (Å²) in [4.78, 5) is 14.6. The van der Waals surface area contributed by atoms with Crippen molar-refractivity contribution in [1.29, 1.82) is 0 Å². The number of anilines is 1. The molecule has 132 valence electrons. The molecule has 0 saturated heterocycles. The lowest BCUT2D eigenvalue weighted by atomic mass is 10.0. The van der Waals surface area contributed by atoms with Gasteiger partial charge < -0.3 is 20.1 Å². The van der Waals surface area contributed by atoms with Gasteiger partial charge in [0.2, 0.25) is 0 Å². The molecule has 1 unspecified atom stereocenters. The first-order chi connectivity index (χ1) is 12.0. The molecular formula is C19H21BrN2O3. The summed E-state index contributed by atoms with van der Waals surface area (Å²) in [7, 11) is 3.62. The van der Waals surface area contributed by atoms with E-state index in [1.165, 1.54) is 11.3 Å². The summed E-state index contributed by atoms with van der Waals surface area (Å²) in [5, 5.41) is 13.2. The lowest BCUT2D eigenvalue weighted by Crippen LogP contribution is -2.28. The summed E-state index contributed by atoms with van der Waals surface area (Å²) < 4.78 is 5.83. The Hall–Kier alpha value is -2.05. The van der Waals surface area contributed by atoms with E-state index in [1.807, 2.05) is 18.2 Å². The van der Waals surface area contributed by atoms with Crippen LogP contribution in [0.2, 0.25) is 0 Å². The maximum Gasteiger partial charge on any atom is 0.252 e. The molecule has 1 amide bonds. The Balaban J connectivity index is 1.66. The molecule has 2 aromatic rings. The quantitative estimate of drug-likeness (QED) is 0.803. The normalized spacial score (nSPS) is 14.2. The van der Waals surface area contributed by atoms with E-state index >= 15 is 0 Å². The molecule has 3 rings (SSSR count). The van der Waals surface area contributed by atoms with Gasteiger partial charge in [-0.1, -0.05) is 12.1 Å². The van der Waals surface area contributed by atoms with Gasteiger partial charge in [-0.2, -0.15) is 0 Å². The molecule has 0 saturated carbocycles. The fraction of sp³-hybridized carbons (Fsp3) is 0.316. The highest BCUT2D eigenvalue weighted by molar-refractivity contribution is 9.10. The summed E-state index contributed by atoms with van der Waals surface area (Å²) in [6, 6.07) is 11.2. The van der Waals surface area contributed by atoms with Crippen molar-refractivity contribution in [3.63, 3.8) is 0 Å². The topological polar surface area (TPSA) is 61.8 Å². The Labute approximate surface area is 155 Å². The van der Waals surface area contributed by atoms with E-state index in [-0.39, 0.29) is 12.5 Å². The van der Waals surface area contributed by atoms with E-state index in [9.17, 15) is 9.90 Å². The third-order valence-electron chi connectivity index (χ3n) is 4.49. The Morgan fingerprint density at radius 3 is 2.92 bits per heavy atom. The fourth-order valence-corrected chi connectivity index (χ4v) is 3.43. The lowest BCUT2D eigenvalue weighted by Gasteiger charge is -2.16. The predicted octanol–water partition coefficient (Wildman–Crippen LogP) is 2.91. The Bertz CT molecular complexity index is 794. The number of carbonyl (C=O) groups excluding carboxylic acids is 1. The summed E-state index contributed by atoms with van der Waals surface area (Å²) in [5.41, 5.74) is 3.74. The van der Waals surface area contributed by atoms with Crippen LogP contribution < -0.4 is 15.0 Å². The predicted molar refractivity (Wildman–Crippen MR) is 101 cm³/mol. The van der Waals surface area contributed by atoms with Gasteiger partial charge in [0.1, 0.15) is 5.75 Å². The molecule has 0 bridgehead atoms. The molecule has 2 aromatic carbocycles. The third kappa shape index (κ3) is 3.80. The second-order valence-electron chi connectivity index (χ2n) is 6.13. The fourth-order valence-electron chi connectivity index (χ4n) is 3.00. The van der Waals surface area contributed by atoms with Crippen molar-refractivity contribution in [2.45, 2.75) is 12.5 Å². The number of benzene rings is 2. The van der Waals surface area contributed by atoms with E-state index in [0.29, 0.717) is 15.8 Å². The van der Waals surface area contributed by atoms with Gasteiger partial charge in [0, 0.05) is 30.3 Å². The lowest BCUT2D eigenvalue weighted by molar-refractivity contribution is 0.0915. The number of methoxy groups -OCH3 is 1. The van der Waals surface area contributed by atoms with Crippen LogP contribution in [0.5, 0.6) is 5.75 Å². The first kappa shape index (κ1) is 17.8. The van der Waals surface area contributed by atoms with Gasteiger partial charge in [-0.15, -0.1) is 0 Å². The number of nitrogens with one attached hydrogen (secondary N) is 1. The number of ether oxygens (including phenoxy) is 1. The van der Waals surface area contributed by atoms with Crippen molar-refractivity contribution in [3.05, 3.63) is 57.6 Å². The molecule has 0 spiro atoms. The molecule has 25 heavy (non-hydrogen) atoms. The molecular weight excluding hydrogens is 384 g/mol. The Morgan fingerprint density at radius 1 is 1.36 bits per heavy atom. The van der Waals surface area contributed by atoms with Crippen LogP contribution in [-0.2, 0) is 6.42 Å². The van der Waals surface area contributed by atoms with Gasteiger partial charge in [-0.3, -0.25) is 4.79 Å². The van der Waals surface area contributed by atoms with Crippen LogP contribution >= 0.6 is 15.9 Å². The molecule has 6 heteroatoms. The molecule has 0 aromatic heterocycles. The van der Waals surface area contributed by atoms with Gasteiger partial charge in [0.05, 0.1) is 18.8 Å². The van der Waals surface area contributed by atoms with Crippen molar-refractivity contribution < 1.29 is 14.6 Å². The summed E-state index contributed by atoms with van der Waals surface area (Å²) in [6.45, 7) is 1.15. The molecule has 0 aliphatic carbocycles. The zero-order valence-corrected chi connectivity index (χ0v) is 15.8. The summed E-state index contributed by atoms with van der Waals surface area (Å²) >= 11 is 3.37. The average molecular weight is 405 g/mol. The number of aliphatic hydroxyl groups is 1. The molecule has 1 aliphatic rings. The van der Waals surface area contributed by atoms with E-state index in [2.05, 4.69) is 33.2 Å². The van der Waals surface area contributed by atoms with Crippen molar-refractivity contribution in [2.75, 3.05) is 32.1 Å². The van der Waals surface area contributed by atoms with E-state index in [1.54, 1.807) is 25.3 Å². The molecule has 5 nitrogen and oxygen atoms in total. The minimum atomic E-state index is -0.746. The number of hydrogen-bond acceptors (Lipinski definition) is 4. The summed E-state index contributed by atoms with van der Waals surface area (Å²) in [5.74, 6) is 0.349. The van der Waals surface area contributed by atoms with Crippen molar-refractivity contribution >= 4 is 27.5 Å². The Kier molecular flexibility index (Phi) is 5.30. The molecule has 1 atom stereocenters. The molecule has 1 aliphatic heterocycles. The molecule has 1 heterocycles. The highest BCUT2D eigenvalue weighted by atomic mass is 79.9. The largest absolute Gasteiger partial charge is 0.497 e. The first-order valence-electron chi connectivity index (χ1n) is 8.13. The van der Waals surface area contributed by atoms with E-state index < -0.39 is 6.10 Å². The minimum absolute atomic E-state index is 0.150. The number of nitrogens with zero attached hydrogens (tertiary/aromatic N) is 1. The van der Waals surface area contributed by atoms with Gasteiger partial charge in [-0.25, -0.2) is 0 Å². The third-order valence-corrected chi connectivity index (χ3v) is 5.18. The SMILES string of the molecule is COc1ccc(Br)c(C(=O)NCC(O)c2ccc3c(c2)CCN3C)c1. The van der Waals surface area contributed by atoms with Crippen molar-refractivity contribution in [1.82, 2.24) is 5.32 Å². The van der Waals surface area contributed by atoms with Crippen molar-refractivity contribution in [2.24, 2.45) is 0 Å². The average Bonchev–Trinajstić information content (AvgIpc) is 3.00. The molecule has 0 radical (unpaired) electrons. The van der Waals surface area contributed by atoms with Gasteiger partial charge in [0.15, 0.2) is 0 Å². The van der Waals surface area contributed by atoms with Crippen LogP contribution in [0.1, 0.15) is 27.6 Å². The monoisotopic (exact) mass is 404 g/mol. The van der Waals surface area contributed by atoms with Crippen LogP contribution in [-0.4, -0.2) is 38.3 Å². The number of carbonyl (C=O) groups is 1. The highest BCUT2D eigenvalue weighted by Gasteiger charge is 2.19. The Morgan fingerprint density at radius 2 is 2.16 bits per heavy atom.